The highest BCUT2D eigenvalue weighted by Gasteiger charge is 2.57. The summed E-state index contributed by atoms with van der Waals surface area (Å²) in [7, 11) is 0. The molecule has 1 unspecified atom stereocenters. The first kappa shape index (κ1) is 50.6. The second-order valence-corrected chi connectivity index (χ2v) is 14.8. The first-order valence-electron chi connectivity index (χ1n) is 21.0. The number of rotatable bonds is 34. The highest BCUT2D eigenvalue weighted by atomic mass is 16.6. The Morgan fingerprint density at radius 3 is 1.46 bits per heavy atom. The summed E-state index contributed by atoms with van der Waals surface area (Å²) in [6.45, 7) is 6.51. The summed E-state index contributed by atoms with van der Waals surface area (Å²) in [5.74, 6) is -4.39. The molecule has 314 valence electrons. The number of imide groups is 1. The van der Waals surface area contributed by atoms with Gasteiger partial charge in [0.05, 0.1) is 18.7 Å². The number of ether oxygens (including phenoxy) is 1. The number of hydrogen-bond acceptors (Lipinski definition) is 8. The molecule has 0 bridgehead atoms. The van der Waals surface area contributed by atoms with Gasteiger partial charge in [-0.25, -0.2) is 14.5 Å². The lowest BCUT2D eigenvalue weighted by Crippen LogP contribution is -2.77. The maximum Gasteiger partial charge on any atom is 0.419 e. The monoisotopic (exact) mass is 768 g/mol. The quantitative estimate of drug-likeness (QED) is 0.0174. The third-order valence-electron chi connectivity index (χ3n) is 9.52. The molecule has 0 saturated heterocycles. The van der Waals surface area contributed by atoms with Crippen molar-refractivity contribution in [1.82, 2.24) is 15.5 Å². The lowest BCUT2D eigenvalue weighted by Gasteiger charge is -2.44. The highest BCUT2D eigenvalue weighted by molar-refractivity contribution is 6.01. The van der Waals surface area contributed by atoms with Gasteiger partial charge < -0.3 is 37.7 Å². The van der Waals surface area contributed by atoms with Crippen LogP contribution in [0.1, 0.15) is 188 Å². The molecule has 0 heterocycles. The van der Waals surface area contributed by atoms with Gasteiger partial charge in [0.2, 0.25) is 23.4 Å². The molecule has 0 aromatic rings. The Bertz CT molecular complexity index is 1080. The lowest BCUT2D eigenvalue weighted by molar-refractivity contribution is -0.165. The van der Waals surface area contributed by atoms with Crippen molar-refractivity contribution in [3.05, 3.63) is 0 Å². The molecule has 2 atom stereocenters. The molecule has 0 radical (unpaired) electrons. The number of unbranched alkanes of at least 4 members (excludes halogenated alkanes) is 20. The Morgan fingerprint density at radius 2 is 1.09 bits per heavy atom. The van der Waals surface area contributed by atoms with Crippen LogP contribution >= 0.6 is 0 Å². The number of amides is 4. The molecule has 0 spiro atoms. The standard InChI is InChI=1S/C40H77N7O7/c1-5-7-9-11-13-15-17-19-21-23-25-27-34(48)45-33(29-30-44-38(42)43)40(37(51)52,47(36(50)31-41)39(53)54-32(3)4)46-35(49)28-26-24-22-20-18-16-14-12-10-8-6-2/h32-33H,5-31,41H2,1-4H3,(H,45,48)(H,46,49)(H,51,52)(H4,42,43,44)/t33?,40-/m0/s1. The van der Waals surface area contributed by atoms with Crippen molar-refractivity contribution in [2.45, 2.75) is 206 Å². The van der Waals surface area contributed by atoms with E-state index in [-0.39, 0.29) is 31.8 Å². The molecule has 0 saturated carbocycles. The second-order valence-electron chi connectivity index (χ2n) is 14.8. The highest BCUT2D eigenvalue weighted by Crippen LogP contribution is 2.25. The Hall–Kier alpha value is -3.42. The minimum Gasteiger partial charge on any atom is -0.478 e. The molecule has 0 aliphatic rings. The van der Waals surface area contributed by atoms with Crippen molar-refractivity contribution in [2.75, 3.05) is 13.1 Å². The first-order chi connectivity index (χ1) is 25.9. The minimum atomic E-state index is -2.80. The van der Waals surface area contributed by atoms with Crippen molar-refractivity contribution in [1.29, 1.82) is 0 Å². The molecule has 0 aromatic carbocycles. The van der Waals surface area contributed by atoms with E-state index in [1.807, 2.05) is 0 Å². The van der Waals surface area contributed by atoms with Crippen LogP contribution in [-0.4, -0.2) is 76.6 Å². The Labute approximate surface area is 325 Å². The van der Waals surface area contributed by atoms with Crippen molar-refractivity contribution in [3.8, 4) is 0 Å². The summed E-state index contributed by atoms with van der Waals surface area (Å²) in [5, 5.41) is 16.1. The summed E-state index contributed by atoms with van der Waals surface area (Å²) in [5.41, 5.74) is 14.0. The van der Waals surface area contributed by atoms with E-state index in [0.29, 0.717) is 17.7 Å². The van der Waals surface area contributed by atoms with Gasteiger partial charge in [-0.3, -0.25) is 19.4 Å². The fourth-order valence-electron chi connectivity index (χ4n) is 6.53. The molecule has 14 heteroatoms. The minimum absolute atomic E-state index is 0.0662. The van der Waals surface area contributed by atoms with Crippen LogP contribution in [0.5, 0.6) is 0 Å². The average molecular weight is 768 g/mol. The zero-order valence-electron chi connectivity index (χ0n) is 34.3. The second kappa shape index (κ2) is 31.9. The summed E-state index contributed by atoms with van der Waals surface area (Å²) < 4.78 is 5.30. The average Bonchev–Trinajstić information content (AvgIpc) is 3.11. The van der Waals surface area contributed by atoms with Gasteiger partial charge in [-0.1, -0.05) is 142 Å². The zero-order chi connectivity index (χ0) is 40.6. The Balaban J connectivity index is 5.97. The zero-order valence-corrected chi connectivity index (χ0v) is 34.3. The molecule has 0 aromatic heterocycles. The number of aliphatic carboxylic acids is 1. The van der Waals surface area contributed by atoms with E-state index in [0.717, 1.165) is 51.4 Å². The summed E-state index contributed by atoms with van der Waals surface area (Å²) in [6.07, 6.45) is 21.4. The van der Waals surface area contributed by atoms with Gasteiger partial charge in [-0.05, 0) is 33.1 Å². The van der Waals surface area contributed by atoms with Crippen LogP contribution in [0, 0.1) is 0 Å². The van der Waals surface area contributed by atoms with Crippen LogP contribution in [0.3, 0.4) is 0 Å². The summed E-state index contributed by atoms with van der Waals surface area (Å²) >= 11 is 0. The molecular weight excluding hydrogens is 690 g/mol. The molecule has 0 fully saturated rings. The van der Waals surface area contributed by atoms with E-state index >= 15 is 0 Å². The molecule has 14 nitrogen and oxygen atoms in total. The first-order valence-corrected chi connectivity index (χ1v) is 21.0. The summed E-state index contributed by atoms with van der Waals surface area (Å²) in [6, 6.07) is -1.55. The number of carboxylic acid groups (broad SMARTS) is 1. The third kappa shape index (κ3) is 22.7. The number of hydrogen-bond donors (Lipinski definition) is 6. The van der Waals surface area contributed by atoms with Crippen molar-refractivity contribution in [3.63, 3.8) is 0 Å². The van der Waals surface area contributed by atoms with Gasteiger partial charge >= 0.3 is 12.1 Å². The number of carbonyl (C=O) groups is 5. The van der Waals surface area contributed by atoms with Gasteiger partial charge in [-0.15, -0.1) is 0 Å². The maximum absolute atomic E-state index is 13.6. The number of carboxylic acids is 1. The topological polar surface area (TPSA) is 233 Å². The maximum atomic E-state index is 13.6. The van der Waals surface area contributed by atoms with E-state index in [4.69, 9.17) is 21.9 Å². The molecule has 4 amide bonds. The van der Waals surface area contributed by atoms with Crippen molar-refractivity contribution in [2.24, 2.45) is 22.2 Å². The molecule has 9 N–H and O–H groups in total. The van der Waals surface area contributed by atoms with E-state index in [1.54, 1.807) is 0 Å². The van der Waals surface area contributed by atoms with Crippen molar-refractivity contribution >= 4 is 35.7 Å². The van der Waals surface area contributed by atoms with Gasteiger partial charge in [0.25, 0.3) is 0 Å². The van der Waals surface area contributed by atoms with E-state index in [1.165, 1.54) is 90.9 Å². The van der Waals surface area contributed by atoms with Crippen LogP contribution < -0.4 is 27.8 Å². The number of nitrogens with two attached hydrogens (primary N) is 3. The van der Waals surface area contributed by atoms with E-state index in [9.17, 15) is 29.1 Å². The van der Waals surface area contributed by atoms with Gasteiger partial charge in [0, 0.05) is 19.4 Å². The van der Waals surface area contributed by atoms with Crippen molar-refractivity contribution < 1.29 is 33.8 Å². The molecule has 54 heavy (non-hydrogen) atoms. The van der Waals surface area contributed by atoms with Crippen LogP contribution in [0.15, 0.2) is 4.99 Å². The van der Waals surface area contributed by atoms with Crippen LogP contribution in [-0.2, 0) is 23.9 Å². The molecule has 0 aliphatic heterocycles. The van der Waals surface area contributed by atoms with Gasteiger partial charge in [0.1, 0.15) is 0 Å². The molecule has 0 aliphatic carbocycles. The molecular formula is C40H77N7O7. The van der Waals surface area contributed by atoms with Crippen LogP contribution in [0.4, 0.5) is 4.79 Å². The van der Waals surface area contributed by atoms with Gasteiger partial charge in [-0.2, -0.15) is 0 Å². The van der Waals surface area contributed by atoms with Crippen LogP contribution in [0.2, 0.25) is 0 Å². The Morgan fingerprint density at radius 1 is 0.685 bits per heavy atom. The Kier molecular flexibility index (Phi) is 29.9. The van der Waals surface area contributed by atoms with Crippen LogP contribution in [0.25, 0.3) is 0 Å². The number of aliphatic imine (C=N–C) groups is 1. The number of nitrogens with one attached hydrogen (secondary N) is 2. The fourth-order valence-corrected chi connectivity index (χ4v) is 6.53. The molecule has 0 rings (SSSR count). The SMILES string of the molecule is CCCCCCCCCCCCCC(=O)NC(CCN=C(N)N)[C@@](NC(=O)CCCCCCCCCCCCC)(C(=O)O)N(C(=O)CN)C(=O)OC(C)C. The third-order valence-corrected chi connectivity index (χ3v) is 9.52. The van der Waals surface area contributed by atoms with E-state index < -0.39 is 54.1 Å². The number of guanidine groups is 1. The largest absolute Gasteiger partial charge is 0.478 e. The van der Waals surface area contributed by atoms with Gasteiger partial charge in [0.15, 0.2) is 5.96 Å². The fraction of sp³-hybridized carbons (Fsp3) is 0.850. The number of nitrogens with zero attached hydrogens (tertiary/aromatic N) is 2. The normalized spacial score (nSPS) is 12.8. The lowest BCUT2D eigenvalue weighted by atomic mass is 9.93. The number of carbonyl (C=O) groups excluding carboxylic acids is 4. The predicted octanol–water partition coefficient (Wildman–Crippen LogP) is 6.77. The van der Waals surface area contributed by atoms with E-state index in [2.05, 4.69) is 29.5 Å². The predicted molar refractivity (Wildman–Crippen MR) is 215 cm³/mol. The summed E-state index contributed by atoms with van der Waals surface area (Å²) in [4.78, 5) is 71.6. The smallest absolute Gasteiger partial charge is 0.419 e.